The first-order chi connectivity index (χ1) is 37.6. The molecule has 0 amide bonds. The van der Waals surface area contributed by atoms with E-state index in [2.05, 4.69) is 106 Å². The van der Waals surface area contributed by atoms with E-state index in [1.165, 1.54) is 70.6 Å². The van der Waals surface area contributed by atoms with E-state index in [1.807, 2.05) is 0 Å². The first-order valence-electron chi connectivity index (χ1n) is 30.6. The minimum atomic E-state index is -1.91. The molecule has 1 fully saturated rings. The minimum Gasteiger partial charge on any atom is -0.479 e. The van der Waals surface area contributed by atoms with Gasteiger partial charge in [-0.1, -0.05) is 209 Å². The summed E-state index contributed by atoms with van der Waals surface area (Å²) in [6, 6.07) is 0. The Kier molecular flexibility index (Phi) is 48.4. The highest BCUT2D eigenvalue weighted by atomic mass is 16.7. The van der Waals surface area contributed by atoms with E-state index in [-0.39, 0.29) is 25.9 Å². The molecule has 0 spiro atoms. The molecule has 12 heteroatoms. The van der Waals surface area contributed by atoms with Crippen molar-refractivity contribution >= 4 is 23.9 Å². The number of carbonyl (C=O) groups excluding carboxylic acids is 3. The summed E-state index contributed by atoms with van der Waals surface area (Å²) in [5.41, 5.74) is 0. The second-order valence-corrected chi connectivity index (χ2v) is 20.6. The molecule has 77 heavy (non-hydrogen) atoms. The fourth-order valence-corrected chi connectivity index (χ4v) is 8.72. The van der Waals surface area contributed by atoms with E-state index in [0.717, 1.165) is 122 Å². The number of allylic oxidation sites excluding steroid dienone is 14. The molecule has 0 aromatic carbocycles. The quantitative estimate of drug-likeness (QED) is 0.0228. The molecule has 6 atom stereocenters. The third-order valence-corrected chi connectivity index (χ3v) is 13.4. The molecule has 440 valence electrons. The van der Waals surface area contributed by atoms with Crippen LogP contribution in [0.2, 0.25) is 0 Å². The van der Waals surface area contributed by atoms with Gasteiger partial charge in [0.1, 0.15) is 18.8 Å². The Hall–Kier alpha value is -4.10. The van der Waals surface area contributed by atoms with Crippen molar-refractivity contribution in [2.45, 2.75) is 289 Å². The molecule has 0 bridgehead atoms. The van der Waals surface area contributed by atoms with Crippen LogP contribution >= 0.6 is 0 Å². The van der Waals surface area contributed by atoms with Crippen molar-refractivity contribution in [3.05, 3.63) is 85.1 Å². The maximum absolute atomic E-state index is 13.2. The van der Waals surface area contributed by atoms with E-state index < -0.39 is 67.3 Å². The molecule has 1 heterocycles. The predicted octanol–water partition coefficient (Wildman–Crippen LogP) is 15.9. The Balaban J connectivity index is 2.70. The van der Waals surface area contributed by atoms with Gasteiger partial charge in [-0.3, -0.25) is 14.4 Å². The summed E-state index contributed by atoms with van der Waals surface area (Å²) in [6.07, 6.45) is 55.5. The molecule has 12 nitrogen and oxygen atoms in total. The number of hydrogen-bond donors (Lipinski definition) is 3. The van der Waals surface area contributed by atoms with E-state index in [0.29, 0.717) is 19.3 Å². The van der Waals surface area contributed by atoms with Gasteiger partial charge < -0.3 is 39.0 Å². The predicted molar refractivity (Wildman–Crippen MR) is 312 cm³/mol. The number of rotatable bonds is 51. The fraction of sp³-hybridized carbons (Fsp3) is 0.723. The summed E-state index contributed by atoms with van der Waals surface area (Å²) >= 11 is 0. The van der Waals surface area contributed by atoms with Crippen LogP contribution < -0.4 is 0 Å². The highest BCUT2D eigenvalue weighted by Gasteiger charge is 2.50. The summed E-state index contributed by atoms with van der Waals surface area (Å²) < 4.78 is 28.4. The van der Waals surface area contributed by atoms with Gasteiger partial charge in [-0.15, -0.1) is 0 Å². The van der Waals surface area contributed by atoms with Crippen LogP contribution in [0.1, 0.15) is 252 Å². The van der Waals surface area contributed by atoms with Gasteiger partial charge in [0.2, 0.25) is 0 Å². The molecule has 1 saturated heterocycles. The zero-order chi connectivity index (χ0) is 56.1. The van der Waals surface area contributed by atoms with Crippen molar-refractivity contribution in [3.8, 4) is 0 Å². The summed E-state index contributed by atoms with van der Waals surface area (Å²) in [5.74, 6) is -3.18. The Morgan fingerprint density at radius 3 is 1.31 bits per heavy atom. The lowest BCUT2D eigenvalue weighted by atomic mass is 9.98. The first-order valence-corrected chi connectivity index (χ1v) is 30.6. The van der Waals surface area contributed by atoms with Gasteiger partial charge in [0.05, 0.1) is 6.61 Å². The van der Waals surface area contributed by atoms with E-state index >= 15 is 0 Å². The summed E-state index contributed by atoms with van der Waals surface area (Å²) in [7, 11) is 0. The molecule has 1 aliphatic rings. The normalized spacial score (nSPS) is 18.6. The number of carboxylic acids is 1. The summed E-state index contributed by atoms with van der Waals surface area (Å²) in [6.45, 7) is 5.80. The largest absolute Gasteiger partial charge is 0.479 e. The second kappa shape index (κ2) is 52.6. The minimum absolute atomic E-state index is 0.0435. The van der Waals surface area contributed by atoms with E-state index in [4.69, 9.17) is 23.7 Å². The van der Waals surface area contributed by atoms with E-state index in [9.17, 15) is 34.5 Å². The number of carbonyl (C=O) groups is 4. The molecule has 0 aromatic rings. The van der Waals surface area contributed by atoms with Gasteiger partial charge >= 0.3 is 23.9 Å². The smallest absolute Gasteiger partial charge is 0.335 e. The number of hydrogen-bond acceptors (Lipinski definition) is 11. The summed E-state index contributed by atoms with van der Waals surface area (Å²) in [5, 5.41) is 31.5. The van der Waals surface area contributed by atoms with Crippen LogP contribution in [-0.2, 0) is 42.9 Å². The van der Waals surface area contributed by atoms with Crippen LogP contribution in [0.4, 0.5) is 0 Å². The van der Waals surface area contributed by atoms with Gasteiger partial charge in [0, 0.05) is 19.3 Å². The number of aliphatic hydroxyl groups is 2. The third-order valence-electron chi connectivity index (χ3n) is 13.4. The van der Waals surface area contributed by atoms with Gasteiger partial charge in [0.15, 0.2) is 24.6 Å². The third kappa shape index (κ3) is 42.5. The topological polar surface area (TPSA) is 175 Å². The lowest BCUT2D eigenvalue weighted by Gasteiger charge is -2.40. The van der Waals surface area contributed by atoms with Crippen LogP contribution in [0.3, 0.4) is 0 Å². The van der Waals surface area contributed by atoms with Crippen LogP contribution in [0.25, 0.3) is 0 Å². The molecule has 6 unspecified atom stereocenters. The van der Waals surface area contributed by atoms with Crippen LogP contribution in [0, 0.1) is 0 Å². The van der Waals surface area contributed by atoms with Crippen molar-refractivity contribution in [2.24, 2.45) is 0 Å². The lowest BCUT2D eigenvalue weighted by Crippen LogP contribution is -2.61. The zero-order valence-electron chi connectivity index (χ0n) is 48.4. The van der Waals surface area contributed by atoms with Crippen molar-refractivity contribution in [1.29, 1.82) is 0 Å². The van der Waals surface area contributed by atoms with Crippen LogP contribution in [0.15, 0.2) is 85.1 Å². The maximum atomic E-state index is 13.2. The SMILES string of the molecule is CC/C=C\C/C=C\C/C=C\C/C=C\C/C=C\CCCCCC(=O)OCC(COC1OC(C(=O)O)C(O)C(O)C1OC(=O)CCCCCCC/C=C\CCCC)OC(=O)CCCCCCCCC/C=C\CCCCCCCC. The molecule has 0 aromatic heterocycles. The molecule has 0 saturated carbocycles. The maximum Gasteiger partial charge on any atom is 0.335 e. The van der Waals surface area contributed by atoms with Crippen LogP contribution in [-0.4, -0.2) is 89.2 Å². The highest BCUT2D eigenvalue weighted by Crippen LogP contribution is 2.26. The molecular formula is C65H108O12. The Bertz CT molecular complexity index is 1660. The van der Waals surface area contributed by atoms with Crippen molar-refractivity contribution in [2.75, 3.05) is 13.2 Å². The molecule has 0 aliphatic carbocycles. The molecule has 1 aliphatic heterocycles. The Labute approximate surface area is 467 Å². The number of esters is 3. The van der Waals surface area contributed by atoms with Crippen molar-refractivity contribution < 1.29 is 58.2 Å². The van der Waals surface area contributed by atoms with Crippen molar-refractivity contribution in [1.82, 2.24) is 0 Å². The number of ether oxygens (including phenoxy) is 5. The van der Waals surface area contributed by atoms with Crippen LogP contribution in [0.5, 0.6) is 0 Å². The molecule has 3 N–H and O–H groups in total. The Morgan fingerprint density at radius 1 is 0.442 bits per heavy atom. The fourth-order valence-electron chi connectivity index (χ4n) is 8.72. The monoisotopic (exact) mass is 1080 g/mol. The van der Waals surface area contributed by atoms with Gasteiger partial charge in [-0.2, -0.15) is 0 Å². The van der Waals surface area contributed by atoms with Gasteiger partial charge in [-0.05, 0) is 109 Å². The zero-order valence-corrected chi connectivity index (χ0v) is 48.4. The van der Waals surface area contributed by atoms with Gasteiger partial charge in [0.25, 0.3) is 0 Å². The first kappa shape index (κ1) is 70.9. The number of unbranched alkanes of at least 4 members (excludes halogenated alkanes) is 23. The second-order valence-electron chi connectivity index (χ2n) is 20.6. The average Bonchev–Trinajstić information content (AvgIpc) is 3.42. The standard InChI is InChI=1S/C65H108O12/c1-4-7-10-13-16-19-22-24-26-28-29-31-32-34-37-39-42-45-48-51-57(66)73-54-56(75-58(67)52-49-46-43-41-38-35-33-30-27-25-23-20-17-14-11-8-5-2)55-74-65-63(61(70)60(69)62(77-65)64(71)72)76-59(68)53-50-47-44-40-36-21-18-15-12-9-6-3/h7,10,15-16,18-19,24-27,29,31,34,37,56,60-63,65,69-70H,4-6,8-9,11-14,17,20-23,28,30,32-33,35-36,38-55H2,1-3H3,(H,71,72)/b10-7-,18-15-,19-16-,26-24-,27-25-,31-29-,37-34-. The highest BCUT2D eigenvalue weighted by molar-refractivity contribution is 5.74. The Morgan fingerprint density at radius 2 is 0.831 bits per heavy atom. The number of aliphatic carboxylic acids is 1. The molecule has 0 radical (unpaired) electrons. The number of aliphatic hydroxyl groups excluding tert-OH is 2. The van der Waals surface area contributed by atoms with E-state index in [1.54, 1.807) is 0 Å². The number of carboxylic acid groups (broad SMARTS) is 1. The van der Waals surface area contributed by atoms with Crippen molar-refractivity contribution in [3.63, 3.8) is 0 Å². The van der Waals surface area contributed by atoms with Gasteiger partial charge in [-0.25, -0.2) is 4.79 Å². The average molecular weight is 1080 g/mol. The molecular weight excluding hydrogens is 973 g/mol. The molecule has 1 rings (SSSR count). The lowest BCUT2D eigenvalue weighted by molar-refractivity contribution is -0.301. The summed E-state index contributed by atoms with van der Waals surface area (Å²) in [4.78, 5) is 51.1.